The SMILES string of the molecule is CC(C)C1CN(S(=O)(=O)c2ccc3c(c2)CCN3)C(N)=N1. The van der Waals surface area contributed by atoms with Crippen LogP contribution in [0.15, 0.2) is 28.1 Å². The van der Waals surface area contributed by atoms with Gasteiger partial charge in [0.05, 0.1) is 17.5 Å². The highest BCUT2D eigenvalue weighted by Crippen LogP contribution is 2.28. The van der Waals surface area contributed by atoms with Crippen molar-refractivity contribution in [1.29, 1.82) is 0 Å². The summed E-state index contributed by atoms with van der Waals surface area (Å²) in [6, 6.07) is 5.11. The molecule has 0 aliphatic carbocycles. The Hall–Kier alpha value is -1.76. The summed E-state index contributed by atoms with van der Waals surface area (Å²) >= 11 is 0. The highest BCUT2D eigenvalue weighted by molar-refractivity contribution is 7.89. The molecule has 2 aliphatic rings. The first-order valence-corrected chi connectivity index (χ1v) is 8.56. The number of guanidine groups is 1. The normalized spacial score (nSPS) is 21.4. The van der Waals surface area contributed by atoms with Gasteiger partial charge in [-0.2, -0.15) is 0 Å². The lowest BCUT2D eigenvalue weighted by Crippen LogP contribution is -2.40. The third-order valence-electron chi connectivity index (χ3n) is 4.05. The first-order chi connectivity index (χ1) is 9.89. The Labute approximate surface area is 125 Å². The number of nitrogens with two attached hydrogens (primary N) is 1. The molecule has 0 bridgehead atoms. The number of aliphatic imine (C=N–C) groups is 1. The minimum absolute atomic E-state index is 0.0733. The van der Waals surface area contributed by atoms with Gasteiger partial charge in [0.2, 0.25) is 5.96 Å². The van der Waals surface area contributed by atoms with E-state index in [1.807, 2.05) is 19.9 Å². The lowest BCUT2D eigenvalue weighted by Gasteiger charge is -2.20. The molecule has 0 fully saturated rings. The Bertz CT molecular complexity index is 697. The molecular formula is C14H20N4O2S. The van der Waals surface area contributed by atoms with Gasteiger partial charge < -0.3 is 11.1 Å². The zero-order valence-corrected chi connectivity index (χ0v) is 13.0. The monoisotopic (exact) mass is 308 g/mol. The molecule has 1 aromatic rings. The molecule has 21 heavy (non-hydrogen) atoms. The molecule has 0 saturated carbocycles. The van der Waals surface area contributed by atoms with Gasteiger partial charge >= 0.3 is 0 Å². The second kappa shape index (κ2) is 4.91. The average molecular weight is 308 g/mol. The van der Waals surface area contributed by atoms with E-state index in [1.165, 1.54) is 4.31 Å². The summed E-state index contributed by atoms with van der Waals surface area (Å²) in [5.41, 5.74) is 7.87. The van der Waals surface area contributed by atoms with Gasteiger partial charge in [0, 0.05) is 12.2 Å². The number of fused-ring (bicyclic) bond motifs is 1. The predicted molar refractivity (Wildman–Crippen MR) is 82.8 cm³/mol. The van der Waals surface area contributed by atoms with Crippen molar-refractivity contribution in [2.24, 2.45) is 16.6 Å². The first kappa shape index (κ1) is 14.2. The van der Waals surface area contributed by atoms with Crippen LogP contribution in [0.1, 0.15) is 19.4 Å². The van der Waals surface area contributed by atoms with Gasteiger partial charge in [-0.3, -0.25) is 0 Å². The molecule has 3 N–H and O–H groups in total. The Morgan fingerprint density at radius 3 is 2.86 bits per heavy atom. The van der Waals surface area contributed by atoms with Gasteiger partial charge in [-0.1, -0.05) is 13.8 Å². The van der Waals surface area contributed by atoms with E-state index in [2.05, 4.69) is 10.3 Å². The molecule has 1 atom stereocenters. The molecule has 114 valence electrons. The fraction of sp³-hybridized carbons (Fsp3) is 0.500. The van der Waals surface area contributed by atoms with Gasteiger partial charge in [-0.05, 0) is 36.1 Å². The molecule has 2 heterocycles. The molecule has 0 spiro atoms. The van der Waals surface area contributed by atoms with Crippen LogP contribution < -0.4 is 11.1 Å². The van der Waals surface area contributed by atoms with E-state index in [0.29, 0.717) is 6.54 Å². The molecule has 2 aliphatic heterocycles. The zero-order chi connectivity index (χ0) is 15.2. The average Bonchev–Trinajstić information content (AvgIpc) is 3.03. The molecule has 1 aromatic carbocycles. The Morgan fingerprint density at radius 1 is 1.43 bits per heavy atom. The maximum Gasteiger partial charge on any atom is 0.266 e. The molecule has 0 amide bonds. The third kappa shape index (κ3) is 2.35. The van der Waals surface area contributed by atoms with Crippen molar-refractivity contribution in [3.05, 3.63) is 23.8 Å². The topological polar surface area (TPSA) is 87.8 Å². The molecule has 7 heteroatoms. The van der Waals surface area contributed by atoms with Crippen LogP contribution in [0.5, 0.6) is 0 Å². The fourth-order valence-corrected chi connectivity index (χ4v) is 4.12. The second-order valence-electron chi connectivity index (χ2n) is 5.83. The maximum absolute atomic E-state index is 12.8. The van der Waals surface area contributed by atoms with E-state index in [4.69, 9.17) is 5.73 Å². The molecule has 0 radical (unpaired) electrons. The standard InChI is InChI=1S/C14H20N4O2S/c1-9(2)13-8-18(14(15)17-13)21(19,20)11-3-4-12-10(7-11)5-6-16-12/h3-4,7,9,13,16H,5-6,8H2,1-2H3,(H2,15,17). The Balaban J connectivity index is 1.93. The molecule has 3 rings (SSSR count). The Morgan fingerprint density at radius 2 is 2.19 bits per heavy atom. The van der Waals surface area contributed by atoms with Crippen molar-refractivity contribution in [2.45, 2.75) is 31.2 Å². The highest BCUT2D eigenvalue weighted by atomic mass is 32.2. The summed E-state index contributed by atoms with van der Waals surface area (Å²) in [5.74, 6) is 0.347. The van der Waals surface area contributed by atoms with E-state index < -0.39 is 10.0 Å². The lowest BCUT2D eigenvalue weighted by molar-refractivity contribution is 0.455. The lowest BCUT2D eigenvalue weighted by atomic mass is 10.1. The number of benzene rings is 1. The van der Waals surface area contributed by atoms with E-state index in [-0.39, 0.29) is 22.8 Å². The van der Waals surface area contributed by atoms with Crippen LogP contribution in [0.2, 0.25) is 0 Å². The van der Waals surface area contributed by atoms with Crippen LogP contribution in [-0.4, -0.2) is 37.8 Å². The summed E-state index contributed by atoms with van der Waals surface area (Å²) < 4.78 is 26.7. The van der Waals surface area contributed by atoms with Crippen LogP contribution in [-0.2, 0) is 16.4 Å². The van der Waals surface area contributed by atoms with Crippen molar-refractivity contribution < 1.29 is 8.42 Å². The number of rotatable bonds is 3. The van der Waals surface area contributed by atoms with Gasteiger partial charge in [-0.25, -0.2) is 17.7 Å². The van der Waals surface area contributed by atoms with Crippen LogP contribution in [0.4, 0.5) is 5.69 Å². The quantitative estimate of drug-likeness (QED) is 0.872. The van der Waals surface area contributed by atoms with Crippen LogP contribution in [0, 0.1) is 5.92 Å². The number of nitrogens with one attached hydrogen (secondary N) is 1. The summed E-state index contributed by atoms with van der Waals surface area (Å²) in [6.07, 6.45) is 0.844. The highest BCUT2D eigenvalue weighted by Gasteiger charge is 2.35. The van der Waals surface area contributed by atoms with Gasteiger partial charge in [0.15, 0.2) is 0 Å². The molecule has 1 unspecified atom stereocenters. The number of nitrogens with zero attached hydrogens (tertiary/aromatic N) is 2. The van der Waals surface area contributed by atoms with Crippen LogP contribution in [0.3, 0.4) is 0 Å². The number of sulfonamides is 1. The van der Waals surface area contributed by atoms with Crippen LogP contribution >= 0.6 is 0 Å². The number of hydrogen-bond donors (Lipinski definition) is 2. The van der Waals surface area contributed by atoms with Gasteiger partial charge in [0.25, 0.3) is 10.0 Å². The third-order valence-corrected chi connectivity index (χ3v) is 5.82. The molecule has 0 saturated heterocycles. The second-order valence-corrected chi connectivity index (χ2v) is 7.69. The van der Waals surface area contributed by atoms with Crippen molar-refractivity contribution in [3.63, 3.8) is 0 Å². The van der Waals surface area contributed by atoms with Crippen molar-refractivity contribution in [1.82, 2.24) is 4.31 Å². The van der Waals surface area contributed by atoms with Crippen molar-refractivity contribution in [2.75, 3.05) is 18.4 Å². The molecular weight excluding hydrogens is 288 g/mol. The largest absolute Gasteiger partial charge is 0.384 e. The van der Waals surface area contributed by atoms with E-state index in [1.54, 1.807) is 12.1 Å². The number of hydrogen-bond acceptors (Lipinski definition) is 5. The van der Waals surface area contributed by atoms with Crippen molar-refractivity contribution >= 4 is 21.7 Å². The minimum atomic E-state index is -3.63. The maximum atomic E-state index is 12.8. The number of anilines is 1. The van der Waals surface area contributed by atoms with E-state index in [9.17, 15) is 8.42 Å². The van der Waals surface area contributed by atoms with Crippen LogP contribution in [0.25, 0.3) is 0 Å². The van der Waals surface area contributed by atoms with E-state index >= 15 is 0 Å². The van der Waals surface area contributed by atoms with Gasteiger partial charge in [-0.15, -0.1) is 0 Å². The predicted octanol–water partition coefficient (Wildman–Crippen LogP) is 0.998. The molecule has 6 nitrogen and oxygen atoms in total. The van der Waals surface area contributed by atoms with Gasteiger partial charge in [0.1, 0.15) is 0 Å². The fourth-order valence-electron chi connectivity index (χ4n) is 2.69. The summed E-state index contributed by atoms with van der Waals surface area (Å²) in [5, 5.41) is 3.22. The minimum Gasteiger partial charge on any atom is -0.384 e. The zero-order valence-electron chi connectivity index (χ0n) is 12.2. The van der Waals surface area contributed by atoms with Crippen molar-refractivity contribution in [3.8, 4) is 0 Å². The molecule has 0 aromatic heterocycles. The first-order valence-electron chi connectivity index (χ1n) is 7.12. The Kier molecular flexibility index (Phi) is 3.32. The summed E-state index contributed by atoms with van der Waals surface area (Å²) in [7, 11) is -3.63. The van der Waals surface area contributed by atoms with E-state index in [0.717, 1.165) is 24.2 Å². The summed E-state index contributed by atoms with van der Waals surface area (Å²) in [4.78, 5) is 4.55. The summed E-state index contributed by atoms with van der Waals surface area (Å²) in [6.45, 7) is 5.19. The smallest absolute Gasteiger partial charge is 0.266 e.